The summed E-state index contributed by atoms with van der Waals surface area (Å²) in [5.41, 5.74) is 2.68. The molecule has 0 bridgehead atoms. The molecular formula is C14H17N3O2. The summed E-state index contributed by atoms with van der Waals surface area (Å²) in [6.07, 6.45) is 2.06. The van der Waals surface area contributed by atoms with Gasteiger partial charge in [0.25, 0.3) is 0 Å². The highest BCUT2D eigenvalue weighted by Gasteiger charge is 2.04. The van der Waals surface area contributed by atoms with Crippen LogP contribution in [0.2, 0.25) is 0 Å². The molecule has 0 atom stereocenters. The highest BCUT2D eigenvalue weighted by atomic mass is 16.5. The zero-order valence-electron chi connectivity index (χ0n) is 10.8. The van der Waals surface area contributed by atoms with E-state index in [4.69, 9.17) is 4.74 Å². The van der Waals surface area contributed by atoms with E-state index < -0.39 is 0 Å². The van der Waals surface area contributed by atoms with E-state index in [1.165, 1.54) is 0 Å². The fourth-order valence-electron chi connectivity index (χ4n) is 1.71. The minimum Gasteiger partial charge on any atom is -0.381 e. The Labute approximate surface area is 112 Å². The first-order valence-electron chi connectivity index (χ1n) is 6.27. The second-order valence-corrected chi connectivity index (χ2v) is 4.05. The third-order valence-electron chi connectivity index (χ3n) is 2.64. The van der Waals surface area contributed by atoms with Crippen molar-refractivity contribution in [1.29, 1.82) is 0 Å². The number of rotatable bonds is 6. The highest BCUT2D eigenvalue weighted by molar-refractivity contribution is 5.91. The van der Waals surface area contributed by atoms with Crippen LogP contribution < -0.4 is 5.32 Å². The van der Waals surface area contributed by atoms with Crippen LogP contribution in [0.15, 0.2) is 36.5 Å². The normalized spacial score (nSPS) is 10.4. The van der Waals surface area contributed by atoms with Crippen molar-refractivity contribution >= 4 is 11.6 Å². The number of hydrogen-bond acceptors (Lipinski definition) is 3. The summed E-state index contributed by atoms with van der Waals surface area (Å²) in [6.45, 7) is 2.98. The number of anilines is 1. The summed E-state index contributed by atoms with van der Waals surface area (Å²) in [5.74, 6) is -0.0461. The quantitative estimate of drug-likeness (QED) is 0.783. The number of hydrogen-bond donors (Lipinski definition) is 2. The van der Waals surface area contributed by atoms with Crippen molar-refractivity contribution in [2.24, 2.45) is 0 Å². The number of ether oxygens (including phenoxy) is 1. The van der Waals surface area contributed by atoms with Crippen LogP contribution in [0.1, 0.15) is 13.3 Å². The van der Waals surface area contributed by atoms with E-state index in [2.05, 4.69) is 15.5 Å². The smallest absolute Gasteiger partial charge is 0.226 e. The van der Waals surface area contributed by atoms with E-state index in [0.29, 0.717) is 19.6 Å². The lowest BCUT2D eigenvalue weighted by Crippen LogP contribution is -2.14. The fourth-order valence-corrected chi connectivity index (χ4v) is 1.71. The molecule has 5 nitrogen and oxygen atoms in total. The number of amides is 1. The first-order valence-corrected chi connectivity index (χ1v) is 6.27. The lowest BCUT2D eigenvalue weighted by atomic mass is 10.1. The summed E-state index contributed by atoms with van der Waals surface area (Å²) in [6, 6.07) is 9.51. The molecule has 2 aromatic rings. The van der Waals surface area contributed by atoms with Gasteiger partial charge in [-0.1, -0.05) is 12.1 Å². The molecule has 100 valence electrons. The van der Waals surface area contributed by atoms with Gasteiger partial charge in [0.1, 0.15) is 0 Å². The van der Waals surface area contributed by atoms with Crippen LogP contribution in [0.5, 0.6) is 0 Å². The van der Waals surface area contributed by atoms with Crippen molar-refractivity contribution in [3.8, 4) is 11.3 Å². The molecule has 0 spiro atoms. The van der Waals surface area contributed by atoms with Crippen molar-refractivity contribution < 1.29 is 9.53 Å². The molecule has 2 N–H and O–H groups in total. The minimum atomic E-state index is -0.0461. The molecule has 0 saturated carbocycles. The molecule has 1 heterocycles. The molecular weight excluding hydrogens is 242 g/mol. The molecule has 0 aliphatic carbocycles. The van der Waals surface area contributed by atoms with Crippen LogP contribution in [0, 0.1) is 0 Å². The van der Waals surface area contributed by atoms with Crippen molar-refractivity contribution in [2.75, 3.05) is 18.5 Å². The lowest BCUT2D eigenvalue weighted by molar-refractivity contribution is -0.117. The Hall–Kier alpha value is -2.14. The van der Waals surface area contributed by atoms with E-state index in [0.717, 1.165) is 16.9 Å². The molecule has 0 fully saturated rings. The van der Waals surface area contributed by atoms with E-state index in [1.807, 2.05) is 37.3 Å². The maximum atomic E-state index is 11.7. The van der Waals surface area contributed by atoms with Crippen LogP contribution in [-0.4, -0.2) is 29.3 Å². The topological polar surface area (TPSA) is 67.0 Å². The number of benzene rings is 1. The van der Waals surface area contributed by atoms with Crippen molar-refractivity contribution in [3.05, 3.63) is 36.5 Å². The van der Waals surface area contributed by atoms with Gasteiger partial charge in [0.2, 0.25) is 5.91 Å². The Morgan fingerprint density at radius 2 is 2.32 bits per heavy atom. The lowest BCUT2D eigenvalue weighted by Gasteiger charge is -2.06. The Morgan fingerprint density at radius 3 is 3.05 bits per heavy atom. The van der Waals surface area contributed by atoms with Gasteiger partial charge in [-0.15, -0.1) is 0 Å². The Bertz CT molecular complexity index is 523. The number of carbonyl (C=O) groups is 1. The molecule has 1 aromatic heterocycles. The fraction of sp³-hybridized carbons (Fsp3) is 0.286. The minimum absolute atomic E-state index is 0.0461. The van der Waals surface area contributed by atoms with Gasteiger partial charge < -0.3 is 10.1 Å². The standard InChI is InChI=1S/C14H17N3O2/c1-2-19-9-7-14(18)16-12-5-3-4-11(10-12)13-6-8-15-17-13/h3-6,8,10H,2,7,9H2,1H3,(H,15,17)(H,16,18). The third kappa shape index (κ3) is 3.93. The highest BCUT2D eigenvalue weighted by Crippen LogP contribution is 2.20. The number of aromatic nitrogens is 2. The Kier molecular flexibility index (Phi) is 4.69. The maximum absolute atomic E-state index is 11.7. The van der Waals surface area contributed by atoms with E-state index in [-0.39, 0.29) is 5.91 Å². The average Bonchev–Trinajstić information content (AvgIpc) is 2.93. The largest absolute Gasteiger partial charge is 0.381 e. The Balaban J connectivity index is 1.97. The van der Waals surface area contributed by atoms with Gasteiger partial charge in [0.15, 0.2) is 0 Å². The van der Waals surface area contributed by atoms with E-state index in [9.17, 15) is 4.79 Å². The number of carbonyl (C=O) groups excluding carboxylic acids is 1. The SMILES string of the molecule is CCOCCC(=O)Nc1cccc(-c2ccn[nH]2)c1. The molecule has 0 saturated heterocycles. The van der Waals surface area contributed by atoms with Crippen LogP contribution in [-0.2, 0) is 9.53 Å². The molecule has 0 radical (unpaired) electrons. The first-order chi connectivity index (χ1) is 9.29. The third-order valence-corrected chi connectivity index (χ3v) is 2.64. The van der Waals surface area contributed by atoms with E-state index >= 15 is 0 Å². The van der Waals surface area contributed by atoms with Gasteiger partial charge in [-0.25, -0.2) is 0 Å². The molecule has 1 amide bonds. The predicted octanol–water partition coefficient (Wildman–Crippen LogP) is 2.44. The second-order valence-electron chi connectivity index (χ2n) is 4.05. The predicted molar refractivity (Wildman–Crippen MR) is 73.8 cm³/mol. The number of aromatic amines is 1. The average molecular weight is 259 g/mol. The van der Waals surface area contributed by atoms with Gasteiger partial charge in [-0.3, -0.25) is 9.89 Å². The van der Waals surface area contributed by atoms with Crippen LogP contribution in [0.25, 0.3) is 11.3 Å². The molecule has 0 aliphatic heterocycles. The zero-order chi connectivity index (χ0) is 13.5. The molecule has 0 aliphatic rings. The number of H-pyrrole nitrogens is 1. The number of nitrogens with one attached hydrogen (secondary N) is 2. The van der Waals surface area contributed by atoms with Gasteiger partial charge in [-0.05, 0) is 25.1 Å². The van der Waals surface area contributed by atoms with Crippen molar-refractivity contribution in [2.45, 2.75) is 13.3 Å². The molecule has 0 unspecified atom stereocenters. The van der Waals surface area contributed by atoms with E-state index in [1.54, 1.807) is 6.20 Å². The Morgan fingerprint density at radius 1 is 1.42 bits per heavy atom. The second kappa shape index (κ2) is 6.70. The molecule has 19 heavy (non-hydrogen) atoms. The summed E-state index contributed by atoms with van der Waals surface area (Å²) in [4.78, 5) is 11.7. The summed E-state index contributed by atoms with van der Waals surface area (Å²) >= 11 is 0. The maximum Gasteiger partial charge on any atom is 0.226 e. The summed E-state index contributed by atoms with van der Waals surface area (Å²) in [7, 11) is 0. The summed E-state index contributed by atoms with van der Waals surface area (Å²) in [5, 5.41) is 9.65. The van der Waals surface area contributed by atoms with Crippen molar-refractivity contribution in [1.82, 2.24) is 10.2 Å². The van der Waals surface area contributed by atoms with Crippen LogP contribution in [0.3, 0.4) is 0 Å². The molecule has 2 rings (SSSR count). The van der Waals surface area contributed by atoms with Gasteiger partial charge in [-0.2, -0.15) is 5.10 Å². The van der Waals surface area contributed by atoms with Crippen LogP contribution >= 0.6 is 0 Å². The van der Waals surface area contributed by atoms with Gasteiger partial charge >= 0.3 is 0 Å². The van der Waals surface area contributed by atoms with Gasteiger partial charge in [0, 0.05) is 24.1 Å². The first kappa shape index (κ1) is 13.3. The molecule has 5 heteroatoms. The number of nitrogens with zero attached hydrogens (tertiary/aromatic N) is 1. The summed E-state index contributed by atoms with van der Waals surface area (Å²) < 4.78 is 5.15. The zero-order valence-corrected chi connectivity index (χ0v) is 10.8. The van der Waals surface area contributed by atoms with Crippen LogP contribution in [0.4, 0.5) is 5.69 Å². The molecule has 1 aromatic carbocycles. The van der Waals surface area contributed by atoms with Crippen molar-refractivity contribution in [3.63, 3.8) is 0 Å². The van der Waals surface area contributed by atoms with Gasteiger partial charge in [0.05, 0.1) is 18.7 Å². The monoisotopic (exact) mass is 259 g/mol.